The Hall–Kier alpha value is -0.750. The molecule has 0 bridgehead atoms. The van der Waals surface area contributed by atoms with Crippen LogP contribution in [0.15, 0.2) is 0 Å². The van der Waals surface area contributed by atoms with E-state index in [-0.39, 0.29) is 16.7 Å². The highest BCUT2D eigenvalue weighted by molar-refractivity contribution is 8.00. The fourth-order valence-electron chi connectivity index (χ4n) is 1.09. The summed E-state index contributed by atoms with van der Waals surface area (Å²) in [6.45, 7) is 7.78. The van der Waals surface area contributed by atoms with Gasteiger partial charge in [-0.1, -0.05) is 6.92 Å². The molecule has 0 rings (SSSR count). The number of aliphatic carboxylic acids is 1. The molecule has 1 amide bonds. The highest BCUT2D eigenvalue weighted by Crippen LogP contribution is 2.15. The first kappa shape index (κ1) is 17.2. The number of thioether (sulfide) groups is 1. The fraction of sp³-hybridized carbons (Fsp3) is 0.833. The second-order valence-electron chi connectivity index (χ2n) is 4.97. The van der Waals surface area contributed by atoms with E-state index in [9.17, 15) is 9.59 Å². The lowest BCUT2D eigenvalue weighted by Crippen LogP contribution is -2.46. The van der Waals surface area contributed by atoms with Crippen molar-refractivity contribution in [3.8, 4) is 0 Å². The number of carbonyl (C=O) groups is 2. The summed E-state index contributed by atoms with van der Waals surface area (Å²) < 4.78 is 0. The summed E-state index contributed by atoms with van der Waals surface area (Å²) in [5.41, 5.74) is 5.18. The molecule has 106 valence electrons. The standard InChI is InChI=1S/C12H24N2O3S/c1-5-12(3,4)14-10(15)8(2)18-7-6-9(13)11(16)17/h8-9H,5-7,13H2,1-4H3,(H,14,15)(H,16,17). The first-order valence-corrected chi connectivity index (χ1v) is 7.16. The molecule has 2 atom stereocenters. The van der Waals surface area contributed by atoms with Gasteiger partial charge in [0, 0.05) is 5.54 Å². The quantitative estimate of drug-likeness (QED) is 0.620. The van der Waals surface area contributed by atoms with Crippen LogP contribution in [0.5, 0.6) is 0 Å². The van der Waals surface area contributed by atoms with Crippen LogP contribution in [-0.2, 0) is 9.59 Å². The molecule has 0 spiro atoms. The zero-order valence-electron chi connectivity index (χ0n) is 11.5. The van der Waals surface area contributed by atoms with Crippen molar-refractivity contribution < 1.29 is 14.7 Å². The summed E-state index contributed by atoms with van der Waals surface area (Å²) in [5.74, 6) is -0.454. The first-order valence-electron chi connectivity index (χ1n) is 6.11. The van der Waals surface area contributed by atoms with Gasteiger partial charge in [0.2, 0.25) is 5.91 Å². The van der Waals surface area contributed by atoms with Crippen LogP contribution in [-0.4, -0.2) is 39.6 Å². The average Bonchev–Trinajstić information content (AvgIpc) is 2.27. The van der Waals surface area contributed by atoms with Crippen molar-refractivity contribution in [2.45, 2.75) is 57.4 Å². The minimum Gasteiger partial charge on any atom is -0.480 e. The van der Waals surface area contributed by atoms with Gasteiger partial charge in [0.1, 0.15) is 6.04 Å². The van der Waals surface area contributed by atoms with E-state index in [0.717, 1.165) is 6.42 Å². The summed E-state index contributed by atoms with van der Waals surface area (Å²) in [6.07, 6.45) is 1.23. The van der Waals surface area contributed by atoms with Gasteiger partial charge in [-0.25, -0.2) is 0 Å². The van der Waals surface area contributed by atoms with Crippen molar-refractivity contribution in [3.63, 3.8) is 0 Å². The maximum absolute atomic E-state index is 11.8. The molecule has 4 N–H and O–H groups in total. The first-order chi connectivity index (χ1) is 8.19. The molecule has 5 nitrogen and oxygen atoms in total. The van der Waals surface area contributed by atoms with E-state index in [1.165, 1.54) is 11.8 Å². The predicted molar refractivity (Wildman–Crippen MR) is 74.7 cm³/mol. The lowest BCUT2D eigenvalue weighted by atomic mass is 10.0. The molecule has 0 saturated carbocycles. The van der Waals surface area contributed by atoms with Crippen LogP contribution in [0.2, 0.25) is 0 Å². The van der Waals surface area contributed by atoms with Gasteiger partial charge in [0.05, 0.1) is 5.25 Å². The Morgan fingerprint density at radius 1 is 1.44 bits per heavy atom. The van der Waals surface area contributed by atoms with E-state index >= 15 is 0 Å². The van der Waals surface area contributed by atoms with Crippen LogP contribution in [0.25, 0.3) is 0 Å². The Morgan fingerprint density at radius 3 is 2.44 bits per heavy atom. The van der Waals surface area contributed by atoms with Crippen LogP contribution >= 0.6 is 11.8 Å². The van der Waals surface area contributed by atoms with Crippen molar-refractivity contribution >= 4 is 23.6 Å². The average molecular weight is 276 g/mol. The second-order valence-corrected chi connectivity index (χ2v) is 6.42. The molecule has 0 heterocycles. The van der Waals surface area contributed by atoms with Gasteiger partial charge in [-0.15, -0.1) is 11.8 Å². The fourth-order valence-corrected chi connectivity index (χ4v) is 2.05. The van der Waals surface area contributed by atoms with Gasteiger partial charge in [0.15, 0.2) is 0 Å². The molecule has 0 aliphatic carbocycles. The molecule has 0 aliphatic heterocycles. The summed E-state index contributed by atoms with van der Waals surface area (Å²) in [4.78, 5) is 22.4. The van der Waals surface area contributed by atoms with Crippen LogP contribution in [0, 0.1) is 0 Å². The molecule has 0 aliphatic rings. The number of hydrogen-bond donors (Lipinski definition) is 3. The molecular weight excluding hydrogens is 252 g/mol. The normalized spacial score (nSPS) is 14.9. The van der Waals surface area contributed by atoms with E-state index in [0.29, 0.717) is 12.2 Å². The molecule has 2 unspecified atom stereocenters. The third kappa shape index (κ3) is 6.86. The third-order valence-corrected chi connectivity index (χ3v) is 4.01. The number of carboxylic acids is 1. The largest absolute Gasteiger partial charge is 0.480 e. The number of nitrogens with two attached hydrogens (primary N) is 1. The smallest absolute Gasteiger partial charge is 0.320 e. The van der Waals surface area contributed by atoms with E-state index in [1.54, 1.807) is 0 Å². The Labute approximate surface area is 113 Å². The predicted octanol–water partition coefficient (Wildman–Crippen LogP) is 1.21. The van der Waals surface area contributed by atoms with Crippen LogP contribution in [0.1, 0.15) is 40.5 Å². The highest BCUT2D eigenvalue weighted by Gasteiger charge is 2.22. The van der Waals surface area contributed by atoms with E-state index in [1.807, 2.05) is 27.7 Å². The number of carbonyl (C=O) groups excluding carboxylic acids is 1. The van der Waals surface area contributed by atoms with Crippen molar-refractivity contribution in [1.29, 1.82) is 0 Å². The Balaban J connectivity index is 3.99. The Morgan fingerprint density at radius 2 is 2.00 bits per heavy atom. The van der Waals surface area contributed by atoms with Gasteiger partial charge in [-0.3, -0.25) is 9.59 Å². The molecule has 0 radical (unpaired) electrons. The number of hydrogen-bond acceptors (Lipinski definition) is 4. The van der Waals surface area contributed by atoms with Crippen molar-refractivity contribution in [1.82, 2.24) is 5.32 Å². The molecule has 18 heavy (non-hydrogen) atoms. The van der Waals surface area contributed by atoms with Gasteiger partial charge in [-0.05, 0) is 39.4 Å². The minimum atomic E-state index is -1.00. The molecule has 6 heteroatoms. The third-order valence-electron chi connectivity index (χ3n) is 2.83. The van der Waals surface area contributed by atoms with Gasteiger partial charge < -0.3 is 16.2 Å². The highest BCUT2D eigenvalue weighted by atomic mass is 32.2. The van der Waals surface area contributed by atoms with Crippen LogP contribution in [0.4, 0.5) is 0 Å². The zero-order valence-corrected chi connectivity index (χ0v) is 12.3. The topological polar surface area (TPSA) is 92.4 Å². The Bertz CT molecular complexity index is 295. The monoisotopic (exact) mass is 276 g/mol. The number of rotatable bonds is 8. The van der Waals surface area contributed by atoms with Crippen molar-refractivity contribution in [3.05, 3.63) is 0 Å². The Kier molecular flexibility index (Phi) is 7.32. The van der Waals surface area contributed by atoms with Crippen LogP contribution < -0.4 is 11.1 Å². The van der Waals surface area contributed by atoms with Crippen molar-refractivity contribution in [2.75, 3.05) is 5.75 Å². The number of carboxylic acid groups (broad SMARTS) is 1. The molecule has 0 aromatic carbocycles. The maximum atomic E-state index is 11.8. The van der Waals surface area contributed by atoms with E-state index in [4.69, 9.17) is 10.8 Å². The molecular formula is C12H24N2O3S. The number of nitrogens with one attached hydrogen (secondary N) is 1. The minimum absolute atomic E-state index is 0.0178. The molecule has 0 saturated heterocycles. The summed E-state index contributed by atoms with van der Waals surface area (Å²) in [7, 11) is 0. The van der Waals surface area contributed by atoms with E-state index < -0.39 is 12.0 Å². The van der Waals surface area contributed by atoms with Gasteiger partial charge in [0.25, 0.3) is 0 Å². The number of amides is 1. The lowest BCUT2D eigenvalue weighted by molar-refractivity contribution is -0.138. The molecule has 0 aromatic heterocycles. The summed E-state index contributed by atoms with van der Waals surface area (Å²) in [6, 6.07) is -0.847. The summed E-state index contributed by atoms with van der Waals surface area (Å²) in [5, 5.41) is 11.4. The van der Waals surface area contributed by atoms with E-state index in [2.05, 4.69) is 5.32 Å². The van der Waals surface area contributed by atoms with Gasteiger partial charge in [-0.2, -0.15) is 0 Å². The molecule has 0 aromatic rings. The zero-order chi connectivity index (χ0) is 14.3. The van der Waals surface area contributed by atoms with Crippen LogP contribution in [0.3, 0.4) is 0 Å². The maximum Gasteiger partial charge on any atom is 0.320 e. The SMILES string of the molecule is CCC(C)(C)NC(=O)C(C)SCCC(N)C(=O)O. The molecule has 0 fully saturated rings. The lowest BCUT2D eigenvalue weighted by Gasteiger charge is -2.26. The summed E-state index contributed by atoms with van der Waals surface area (Å²) >= 11 is 1.43. The van der Waals surface area contributed by atoms with Crippen molar-refractivity contribution in [2.24, 2.45) is 5.73 Å². The van der Waals surface area contributed by atoms with Gasteiger partial charge >= 0.3 is 5.97 Å². The second kappa shape index (κ2) is 7.63.